The van der Waals surface area contributed by atoms with Crippen LogP contribution < -0.4 is 10.5 Å². The molecule has 120 valence electrons. The fourth-order valence-electron chi connectivity index (χ4n) is 3.98. The number of ether oxygens (including phenoxy) is 1. The summed E-state index contributed by atoms with van der Waals surface area (Å²) in [5.41, 5.74) is 7.20. The first kappa shape index (κ1) is 15.3. The topological polar surface area (TPSA) is 55.6 Å². The molecular formula is C18H26N2O2. The van der Waals surface area contributed by atoms with Crippen LogP contribution in [0.15, 0.2) is 24.3 Å². The highest BCUT2D eigenvalue weighted by Crippen LogP contribution is 2.39. The first-order valence-corrected chi connectivity index (χ1v) is 8.39. The molecule has 3 atom stereocenters. The number of hydrogen-bond acceptors (Lipinski definition) is 3. The van der Waals surface area contributed by atoms with Gasteiger partial charge in [0.25, 0.3) is 0 Å². The van der Waals surface area contributed by atoms with Crippen molar-refractivity contribution in [2.24, 2.45) is 11.7 Å². The summed E-state index contributed by atoms with van der Waals surface area (Å²) in [6.07, 6.45) is 6.04. The maximum atomic E-state index is 13.0. The molecule has 0 radical (unpaired) electrons. The summed E-state index contributed by atoms with van der Waals surface area (Å²) in [5.74, 6) is 1.29. The molecular weight excluding hydrogens is 276 g/mol. The summed E-state index contributed by atoms with van der Waals surface area (Å²) < 4.78 is 5.49. The standard InChI is InChI=1S/C18H26N2O2/c1-22-17-10-3-2-8-15(17)16-9-5-11-20(16)18(21)13-6-4-7-14(19)12-13/h2-3,8,10,13-14,16H,4-7,9,11-12,19H2,1H3. The molecule has 0 aromatic heterocycles. The number of nitrogens with two attached hydrogens (primary N) is 1. The maximum absolute atomic E-state index is 13.0. The first-order valence-electron chi connectivity index (χ1n) is 8.39. The number of carbonyl (C=O) groups is 1. The lowest BCUT2D eigenvalue weighted by Crippen LogP contribution is -2.40. The van der Waals surface area contributed by atoms with E-state index in [1.807, 2.05) is 18.2 Å². The molecule has 1 saturated heterocycles. The van der Waals surface area contributed by atoms with Gasteiger partial charge in [-0.1, -0.05) is 24.6 Å². The van der Waals surface area contributed by atoms with Gasteiger partial charge in [0.15, 0.2) is 0 Å². The minimum absolute atomic E-state index is 0.110. The van der Waals surface area contributed by atoms with Crippen molar-refractivity contribution in [2.45, 2.75) is 50.6 Å². The highest BCUT2D eigenvalue weighted by Gasteiger charge is 2.36. The van der Waals surface area contributed by atoms with E-state index < -0.39 is 0 Å². The van der Waals surface area contributed by atoms with Crippen molar-refractivity contribution in [1.82, 2.24) is 4.90 Å². The van der Waals surface area contributed by atoms with Gasteiger partial charge in [-0.15, -0.1) is 0 Å². The minimum atomic E-state index is 0.110. The maximum Gasteiger partial charge on any atom is 0.226 e. The Balaban J connectivity index is 1.79. The molecule has 3 unspecified atom stereocenters. The summed E-state index contributed by atoms with van der Waals surface area (Å²) in [6, 6.07) is 8.41. The van der Waals surface area contributed by atoms with Crippen LogP contribution in [-0.2, 0) is 4.79 Å². The van der Waals surface area contributed by atoms with Crippen molar-refractivity contribution < 1.29 is 9.53 Å². The van der Waals surface area contributed by atoms with E-state index in [0.29, 0.717) is 5.91 Å². The molecule has 22 heavy (non-hydrogen) atoms. The minimum Gasteiger partial charge on any atom is -0.496 e. The van der Waals surface area contributed by atoms with Crippen LogP contribution in [0.1, 0.15) is 50.1 Å². The molecule has 1 aliphatic carbocycles. The summed E-state index contributed by atoms with van der Waals surface area (Å²) in [5, 5.41) is 0. The molecule has 2 N–H and O–H groups in total. The van der Waals surface area contributed by atoms with Gasteiger partial charge in [-0.3, -0.25) is 4.79 Å². The SMILES string of the molecule is COc1ccccc1C1CCCN1C(=O)C1CCCC(N)C1. The Hall–Kier alpha value is -1.55. The molecule has 0 bridgehead atoms. The Labute approximate surface area is 132 Å². The van der Waals surface area contributed by atoms with Gasteiger partial charge < -0.3 is 15.4 Å². The molecule has 2 aliphatic rings. The molecule has 1 aliphatic heterocycles. The van der Waals surface area contributed by atoms with Crippen molar-refractivity contribution >= 4 is 5.91 Å². The van der Waals surface area contributed by atoms with Crippen LogP contribution in [-0.4, -0.2) is 30.5 Å². The molecule has 1 heterocycles. The van der Waals surface area contributed by atoms with Crippen LogP contribution in [0.5, 0.6) is 5.75 Å². The normalized spacial score (nSPS) is 28.6. The van der Waals surface area contributed by atoms with Gasteiger partial charge >= 0.3 is 0 Å². The van der Waals surface area contributed by atoms with E-state index in [9.17, 15) is 4.79 Å². The van der Waals surface area contributed by atoms with E-state index in [2.05, 4.69) is 11.0 Å². The molecule has 4 nitrogen and oxygen atoms in total. The fourth-order valence-corrected chi connectivity index (χ4v) is 3.98. The van der Waals surface area contributed by atoms with Gasteiger partial charge in [-0.25, -0.2) is 0 Å². The Morgan fingerprint density at radius 2 is 2.05 bits per heavy atom. The van der Waals surface area contributed by atoms with Crippen LogP contribution >= 0.6 is 0 Å². The summed E-state index contributed by atoms with van der Waals surface area (Å²) in [4.78, 5) is 15.0. The number of benzene rings is 1. The predicted octanol–water partition coefficient (Wildman–Crippen LogP) is 2.88. The van der Waals surface area contributed by atoms with Crippen LogP contribution in [0.4, 0.5) is 0 Å². The second-order valence-electron chi connectivity index (χ2n) is 6.56. The van der Waals surface area contributed by atoms with Crippen molar-refractivity contribution in [1.29, 1.82) is 0 Å². The number of likely N-dealkylation sites (tertiary alicyclic amines) is 1. The molecule has 1 aromatic carbocycles. The predicted molar refractivity (Wildman–Crippen MR) is 86.6 cm³/mol. The number of methoxy groups -OCH3 is 1. The molecule has 2 fully saturated rings. The first-order chi connectivity index (χ1) is 10.7. The van der Waals surface area contributed by atoms with Crippen LogP contribution in [0, 0.1) is 5.92 Å². The van der Waals surface area contributed by atoms with Crippen molar-refractivity contribution in [3.63, 3.8) is 0 Å². The number of amides is 1. The molecule has 1 amide bonds. The van der Waals surface area contributed by atoms with E-state index in [0.717, 1.165) is 56.4 Å². The van der Waals surface area contributed by atoms with E-state index >= 15 is 0 Å². The van der Waals surface area contributed by atoms with E-state index in [4.69, 9.17) is 10.5 Å². The Bertz CT molecular complexity index is 532. The quantitative estimate of drug-likeness (QED) is 0.934. The smallest absolute Gasteiger partial charge is 0.226 e. The summed E-state index contributed by atoms with van der Waals surface area (Å²) in [7, 11) is 1.69. The van der Waals surface area contributed by atoms with Gasteiger partial charge in [-0.2, -0.15) is 0 Å². The molecule has 4 heteroatoms. The van der Waals surface area contributed by atoms with Gasteiger partial charge in [0, 0.05) is 24.1 Å². The zero-order valence-corrected chi connectivity index (χ0v) is 13.3. The zero-order chi connectivity index (χ0) is 15.5. The second kappa shape index (κ2) is 6.69. The summed E-state index contributed by atoms with van der Waals surface area (Å²) >= 11 is 0. The van der Waals surface area contributed by atoms with E-state index in [1.165, 1.54) is 0 Å². The number of para-hydroxylation sites is 1. The number of carbonyl (C=O) groups excluding carboxylic acids is 1. The zero-order valence-electron chi connectivity index (χ0n) is 13.3. The third kappa shape index (κ3) is 2.98. The van der Waals surface area contributed by atoms with Crippen LogP contribution in [0.25, 0.3) is 0 Å². The lowest BCUT2D eigenvalue weighted by molar-refractivity contribution is -0.137. The van der Waals surface area contributed by atoms with Gasteiger partial charge in [0.2, 0.25) is 5.91 Å². The fraction of sp³-hybridized carbons (Fsp3) is 0.611. The lowest BCUT2D eigenvalue weighted by Gasteiger charge is -2.33. The largest absolute Gasteiger partial charge is 0.496 e. The third-order valence-electron chi connectivity index (χ3n) is 5.10. The van der Waals surface area contributed by atoms with Crippen molar-refractivity contribution in [3.8, 4) is 5.75 Å². The molecule has 1 aromatic rings. The van der Waals surface area contributed by atoms with E-state index in [-0.39, 0.29) is 18.0 Å². The average Bonchev–Trinajstić information content (AvgIpc) is 3.03. The van der Waals surface area contributed by atoms with Gasteiger partial charge in [0.05, 0.1) is 13.2 Å². The highest BCUT2D eigenvalue weighted by molar-refractivity contribution is 5.80. The Kier molecular flexibility index (Phi) is 4.67. The number of hydrogen-bond donors (Lipinski definition) is 1. The second-order valence-corrected chi connectivity index (χ2v) is 6.56. The van der Waals surface area contributed by atoms with Crippen LogP contribution in [0.2, 0.25) is 0 Å². The number of nitrogens with zero attached hydrogens (tertiary/aromatic N) is 1. The van der Waals surface area contributed by atoms with Gasteiger partial charge in [-0.05, 0) is 38.2 Å². The summed E-state index contributed by atoms with van der Waals surface area (Å²) in [6.45, 7) is 0.854. The molecule has 3 rings (SSSR count). The number of rotatable bonds is 3. The van der Waals surface area contributed by atoms with Crippen molar-refractivity contribution in [2.75, 3.05) is 13.7 Å². The van der Waals surface area contributed by atoms with Crippen molar-refractivity contribution in [3.05, 3.63) is 29.8 Å². The molecule has 1 saturated carbocycles. The Morgan fingerprint density at radius 1 is 1.23 bits per heavy atom. The van der Waals surface area contributed by atoms with Gasteiger partial charge in [0.1, 0.15) is 5.75 Å². The lowest BCUT2D eigenvalue weighted by atomic mass is 9.85. The highest BCUT2D eigenvalue weighted by atomic mass is 16.5. The average molecular weight is 302 g/mol. The third-order valence-corrected chi connectivity index (χ3v) is 5.10. The molecule has 0 spiro atoms. The van der Waals surface area contributed by atoms with E-state index in [1.54, 1.807) is 7.11 Å². The van der Waals surface area contributed by atoms with Crippen LogP contribution in [0.3, 0.4) is 0 Å². The Morgan fingerprint density at radius 3 is 2.82 bits per heavy atom. The monoisotopic (exact) mass is 302 g/mol.